The predicted octanol–water partition coefficient (Wildman–Crippen LogP) is 3.52. The monoisotopic (exact) mass is 332 g/mol. The quantitative estimate of drug-likeness (QED) is 0.770. The van der Waals surface area contributed by atoms with Gasteiger partial charge in [-0.05, 0) is 47.3 Å². The number of anilines is 1. The van der Waals surface area contributed by atoms with E-state index in [1.165, 1.54) is 18.4 Å². The van der Waals surface area contributed by atoms with Crippen molar-refractivity contribution in [2.75, 3.05) is 16.8 Å². The van der Waals surface area contributed by atoms with Crippen LogP contribution in [-0.4, -0.2) is 22.9 Å². The van der Waals surface area contributed by atoms with E-state index in [0.29, 0.717) is 6.04 Å². The summed E-state index contributed by atoms with van der Waals surface area (Å²) >= 11 is 7.05. The maximum Gasteiger partial charge on any atom is 0.129 e. The zero-order chi connectivity index (χ0) is 10.8. The van der Waals surface area contributed by atoms with Crippen LogP contribution in [-0.2, 0) is 0 Å². The van der Waals surface area contributed by atoms with E-state index in [0.717, 1.165) is 22.2 Å². The zero-order valence-electron chi connectivity index (χ0n) is 8.71. The van der Waals surface area contributed by atoms with Crippen molar-refractivity contribution in [1.82, 2.24) is 4.98 Å². The molecule has 1 fully saturated rings. The summed E-state index contributed by atoms with van der Waals surface area (Å²) in [5.74, 6) is 1.11. The van der Waals surface area contributed by atoms with E-state index in [4.69, 9.17) is 0 Å². The van der Waals surface area contributed by atoms with Crippen LogP contribution in [0.3, 0.4) is 0 Å². The van der Waals surface area contributed by atoms with Crippen molar-refractivity contribution in [3.63, 3.8) is 0 Å². The molecule has 0 N–H and O–H groups in total. The van der Waals surface area contributed by atoms with Crippen LogP contribution in [0.1, 0.15) is 18.4 Å². The maximum atomic E-state index is 4.48. The summed E-state index contributed by atoms with van der Waals surface area (Å²) in [5.41, 5.74) is 1.25. The van der Waals surface area contributed by atoms with Gasteiger partial charge in [-0.1, -0.05) is 15.9 Å². The highest BCUT2D eigenvalue weighted by Gasteiger charge is 2.24. The van der Waals surface area contributed by atoms with E-state index in [-0.39, 0.29) is 0 Å². The van der Waals surface area contributed by atoms with E-state index < -0.39 is 0 Å². The van der Waals surface area contributed by atoms with Gasteiger partial charge in [0.05, 0.1) is 0 Å². The average Bonchev–Trinajstić information content (AvgIpc) is 2.70. The van der Waals surface area contributed by atoms with Gasteiger partial charge in [0.1, 0.15) is 5.82 Å². The number of nitrogens with zero attached hydrogens (tertiary/aromatic N) is 2. The van der Waals surface area contributed by atoms with Gasteiger partial charge >= 0.3 is 0 Å². The van der Waals surface area contributed by atoms with Crippen molar-refractivity contribution in [1.29, 1.82) is 0 Å². The van der Waals surface area contributed by atoms with Crippen LogP contribution in [0.2, 0.25) is 0 Å². The Bertz CT molecular complexity index is 354. The Hall–Kier alpha value is -0.0900. The van der Waals surface area contributed by atoms with Crippen LogP contribution in [0, 0.1) is 6.92 Å². The smallest absolute Gasteiger partial charge is 0.129 e. The van der Waals surface area contributed by atoms with Gasteiger partial charge in [-0.25, -0.2) is 4.98 Å². The minimum Gasteiger partial charge on any atom is -0.353 e. The van der Waals surface area contributed by atoms with E-state index in [9.17, 15) is 0 Å². The molecule has 1 aliphatic rings. The molecule has 2 nitrogen and oxygen atoms in total. The summed E-state index contributed by atoms with van der Waals surface area (Å²) in [6.07, 6.45) is 4.43. The van der Waals surface area contributed by atoms with Crippen LogP contribution < -0.4 is 4.90 Å². The van der Waals surface area contributed by atoms with E-state index in [1.54, 1.807) is 0 Å². The first-order valence-electron chi connectivity index (χ1n) is 5.17. The number of halogens is 2. The van der Waals surface area contributed by atoms with Crippen LogP contribution in [0.5, 0.6) is 0 Å². The van der Waals surface area contributed by atoms with Crippen molar-refractivity contribution in [2.45, 2.75) is 25.8 Å². The SMILES string of the molecule is Cc1cc(N2CCCC2CBr)ncc1Br. The Balaban J connectivity index is 2.25. The second-order valence-electron chi connectivity index (χ2n) is 3.94. The minimum atomic E-state index is 0.609. The second kappa shape index (κ2) is 4.83. The second-order valence-corrected chi connectivity index (χ2v) is 5.44. The lowest BCUT2D eigenvalue weighted by atomic mass is 10.2. The van der Waals surface area contributed by atoms with Crippen molar-refractivity contribution in [3.05, 3.63) is 22.3 Å². The summed E-state index contributed by atoms with van der Waals surface area (Å²) in [6.45, 7) is 3.23. The molecular weight excluding hydrogens is 320 g/mol. The molecule has 0 saturated carbocycles. The fraction of sp³-hybridized carbons (Fsp3) is 0.545. The number of aryl methyl sites for hydroxylation is 1. The highest BCUT2D eigenvalue weighted by Crippen LogP contribution is 2.27. The molecule has 0 bridgehead atoms. The molecule has 1 saturated heterocycles. The molecule has 0 radical (unpaired) electrons. The van der Waals surface area contributed by atoms with E-state index >= 15 is 0 Å². The highest BCUT2D eigenvalue weighted by molar-refractivity contribution is 9.10. The summed E-state index contributed by atoms with van der Waals surface area (Å²) < 4.78 is 1.08. The lowest BCUT2D eigenvalue weighted by Crippen LogP contribution is -2.31. The van der Waals surface area contributed by atoms with Crippen LogP contribution in [0.25, 0.3) is 0 Å². The molecule has 15 heavy (non-hydrogen) atoms. The zero-order valence-corrected chi connectivity index (χ0v) is 11.9. The summed E-state index contributed by atoms with van der Waals surface area (Å²) in [4.78, 5) is 6.87. The third-order valence-corrected chi connectivity index (χ3v) is 4.46. The van der Waals surface area contributed by atoms with Crippen molar-refractivity contribution in [3.8, 4) is 0 Å². The molecule has 2 rings (SSSR count). The summed E-state index contributed by atoms with van der Waals surface area (Å²) in [6, 6.07) is 2.77. The van der Waals surface area contributed by atoms with Gasteiger partial charge in [-0.3, -0.25) is 0 Å². The molecule has 1 aromatic heterocycles. The van der Waals surface area contributed by atoms with Crippen LogP contribution >= 0.6 is 31.9 Å². The van der Waals surface area contributed by atoms with Gasteiger partial charge in [0.15, 0.2) is 0 Å². The molecule has 1 aliphatic heterocycles. The van der Waals surface area contributed by atoms with Gasteiger partial charge in [-0.2, -0.15) is 0 Å². The first kappa shape index (κ1) is 11.4. The van der Waals surface area contributed by atoms with Crippen molar-refractivity contribution < 1.29 is 0 Å². The summed E-state index contributed by atoms with van der Waals surface area (Å²) in [7, 11) is 0. The Labute approximate surface area is 107 Å². The van der Waals surface area contributed by atoms with Crippen LogP contribution in [0.15, 0.2) is 16.7 Å². The standard InChI is InChI=1S/C11H14Br2N2/c1-8-5-11(14-7-10(8)13)15-4-2-3-9(15)6-12/h5,7,9H,2-4,6H2,1H3. The molecular formula is C11H14Br2N2. The Morgan fingerprint density at radius 1 is 1.60 bits per heavy atom. The molecule has 4 heteroatoms. The highest BCUT2D eigenvalue weighted by atomic mass is 79.9. The van der Waals surface area contributed by atoms with Crippen molar-refractivity contribution >= 4 is 37.7 Å². The molecule has 1 unspecified atom stereocenters. The van der Waals surface area contributed by atoms with Crippen LogP contribution in [0.4, 0.5) is 5.82 Å². The molecule has 0 amide bonds. The molecule has 1 atom stereocenters. The fourth-order valence-corrected chi connectivity index (χ4v) is 2.87. The first-order valence-corrected chi connectivity index (χ1v) is 7.08. The third kappa shape index (κ3) is 2.36. The molecule has 0 aliphatic carbocycles. The number of hydrogen-bond donors (Lipinski definition) is 0. The third-order valence-electron chi connectivity index (χ3n) is 2.88. The molecule has 1 aromatic rings. The topological polar surface area (TPSA) is 16.1 Å². The summed E-state index contributed by atoms with van der Waals surface area (Å²) in [5, 5.41) is 1.03. The Kier molecular flexibility index (Phi) is 3.67. The number of aromatic nitrogens is 1. The number of hydrogen-bond acceptors (Lipinski definition) is 2. The number of rotatable bonds is 2. The first-order chi connectivity index (χ1) is 7.22. The largest absolute Gasteiger partial charge is 0.353 e. The fourth-order valence-electron chi connectivity index (χ4n) is 1.98. The van der Waals surface area contributed by atoms with Gasteiger partial charge in [-0.15, -0.1) is 0 Å². The maximum absolute atomic E-state index is 4.48. The normalized spacial score (nSPS) is 21.0. The Morgan fingerprint density at radius 3 is 3.07 bits per heavy atom. The van der Waals surface area contributed by atoms with Gasteiger partial charge in [0.2, 0.25) is 0 Å². The molecule has 0 spiro atoms. The van der Waals surface area contributed by atoms with Gasteiger partial charge < -0.3 is 4.90 Å². The average molecular weight is 334 g/mol. The number of alkyl halides is 1. The predicted molar refractivity (Wildman–Crippen MR) is 70.8 cm³/mol. The molecule has 0 aromatic carbocycles. The number of pyridine rings is 1. The van der Waals surface area contributed by atoms with Crippen molar-refractivity contribution in [2.24, 2.45) is 0 Å². The lowest BCUT2D eigenvalue weighted by molar-refractivity contribution is 0.741. The van der Waals surface area contributed by atoms with E-state index in [2.05, 4.69) is 54.7 Å². The lowest BCUT2D eigenvalue weighted by Gasteiger charge is -2.24. The van der Waals surface area contributed by atoms with Gasteiger partial charge in [0, 0.05) is 28.6 Å². The minimum absolute atomic E-state index is 0.609. The van der Waals surface area contributed by atoms with E-state index in [1.807, 2.05) is 6.20 Å². The van der Waals surface area contributed by atoms with Gasteiger partial charge in [0.25, 0.3) is 0 Å². The molecule has 2 heterocycles. The Morgan fingerprint density at radius 2 is 2.40 bits per heavy atom. The molecule has 82 valence electrons.